The summed E-state index contributed by atoms with van der Waals surface area (Å²) in [6.07, 6.45) is 0. The number of carbonyl (C=O) groups is 2. The Morgan fingerprint density at radius 3 is 2.26 bits per heavy atom. The topological polar surface area (TPSA) is 96.0 Å². The van der Waals surface area contributed by atoms with Gasteiger partial charge in [0.1, 0.15) is 5.82 Å². The monoisotopic (exact) mass is 449 g/mol. The zero-order valence-electron chi connectivity index (χ0n) is 17.1. The first kappa shape index (κ1) is 22.9. The smallest absolute Gasteiger partial charge is 0.243 e. The Labute approximate surface area is 180 Å². The number of amides is 2. The largest absolute Gasteiger partial charge is 0.378 e. The van der Waals surface area contributed by atoms with E-state index in [-0.39, 0.29) is 29.8 Å². The molecule has 0 bridgehead atoms. The molecule has 0 aromatic heterocycles. The molecule has 166 valence electrons. The van der Waals surface area contributed by atoms with Crippen LogP contribution in [0.25, 0.3) is 0 Å². The van der Waals surface area contributed by atoms with Crippen molar-refractivity contribution in [1.82, 2.24) is 9.21 Å². The van der Waals surface area contributed by atoms with Crippen LogP contribution in [0.1, 0.15) is 12.5 Å². The van der Waals surface area contributed by atoms with E-state index in [1.807, 2.05) is 0 Å². The second kappa shape index (κ2) is 9.99. The lowest BCUT2D eigenvalue weighted by Gasteiger charge is -2.29. The predicted molar refractivity (Wildman–Crippen MR) is 112 cm³/mol. The summed E-state index contributed by atoms with van der Waals surface area (Å²) >= 11 is 0. The molecule has 0 saturated carbocycles. The third kappa shape index (κ3) is 6.09. The summed E-state index contributed by atoms with van der Waals surface area (Å²) in [5.74, 6) is -1.04. The number of hydrogen-bond donors (Lipinski definition) is 1. The molecule has 8 nitrogen and oxygen atoms in total. The van der Waals surface area contributed by atoms with Gasteiger partial charge in [-0.3, -0.25) is 9.59 Å². The van der Waals surface area contributed by atoms with Crippen LogP contribution in [0.3, 0.4) is 0 Å². The van der Waals surface area contributed by atoms with Crippen molar-refractivity contribution in [3.05, 3.63) is 59.9 Å². The van der Waals surface area contributed by atoms with Crippen LogP contribution in [0.5, 0.6) is 0 Å². The molecule has 10 heteroatoms. The van der Waals surface area contributed by atoms with Crippen LogP contribution < -0.4 is 5.32 Å². The summed E-state index contributed by atoms with van der Waals surface area (Å²) in [6, 6.07) is 11.2. The van der Waals surface area contributed by atoms with Crippen LogP contribution in [-0.4, -0.2) is 62.3 Å². The van der Waals surface area contributed by atoms with Crippen molar-refractivity contribution in [1.29, 1.82) is 0 Å². The molecule has 0 radical (unpaired) electrons. The Kier molecular flexibility index (Phi) is 7.37. The minimum absolute atomic E-state index is 0.0153. The summed E-state index contributed by atoms with van der Waals surface area (Å²) < 4.78 is 46.2. The van der Waals surface area contributed by atoms with E-state index in [1.165, 1.54) is 55.5 Å². The van der Waals surface area contributed by atoms with Crippen molar-refractivity contribution in [2.45, 2.75) is 18.4 Å². The minimum Gasteiger partial charge on any atom is -0.378 e. The standard InChI is InChI=1S/C21H24FN3O5S/c1-16(26)23-19-6-8-20(9-7-19)31(28,29)25(14-17-2-4-18(22)5-3-17)15-21(27)24-10-12-30-13-11-24/h2-9H,10-15H2,1H3,(H,23,26). The van der Waals surface area contributed by atoms with Crippen LogP contribution in [0.15, 0.2) is 53.4 Å². The van der Waals surface area contributed by atoms with Crippen LogP contribution in [0, 0.1) is 5.82 Å². The Morgan fingerprint density at radius 1 is 1.06 bits per heavy atom. The molecule has 0 unspecified atom stereocenters. The van der Waals surface area contributed by atoms with Gasteiger partial charge in [0.05, 0.1) is 24.7 Å². The average molecular weight is 450 g/mol. The molecule has 2 aromatic carbocycles. The van der Waals surface area contributed by atoms with Gasteiger partial charge >= 0.3 is 0 Å². The molecule has 2 aromatic rings. The van der Waals surface area contributed by atoms with Crippen molar-refractivity contribution in [2.75, 3.05) is 38.2 Å². The Balaban J connectivity index is 1.86. The van der Waals surface area contributed by atoms with Gasteiger partial charge in [0.25, 0.3) is 0 Å². The fourth-order valence-electron chi connectivity index (χ4n) is 3.15. The Hall–Kier alpha value is -2.82. The van der Waals surface area contributed by atoms with Gasteiger partial charge in [-0.2, -0.15) is 4.31 Å². The highest BCUT2D eigenvalue weighted by atomic mass is 32.2. The number of ether oxygens (including phenoxy) is 1. The number of carbonyl (C=O) groups excluding carboxylic acids is 2. The first-order chi connectivity index (χ1) is 14.8. The predicted octanol–water partition coefficient (Wildman–Crippen LogP) is 1.83. The molecule has 1 aliphatic rings. The second-order valence-electron chi connectivity index (χ2n) is 7.10. The maximum atomic E-state index is 13.3. The number of nitrogens with one attached hydrogen (secondary N) is 1. The first-order valence-electron chi connectivity index (χ1n) is 9.73. The lowest BCUT2D eigenvalue weighted by Crippen LogP contribution is -2.46. The summed E-state index contributed by atoms with van der Waals surface area (Å²) in [5.41, 5.74) is 1.01. The number of anilines is 1. The zero-order valence-corrected chi connectivity index (χ0v) is 17.9. The van der Waals surface area contributed by atoms with Crippen LogP contribution in [0.4, 0.5) is 10.1 Å². The molecule has 1 fully saturated rings. The molecule has 1 aliphatic heterocycles. The maximum absolute atomic E-state index is 13.3. The summed E-state index contributed by atoms with van der Waals surface area (Å²) in [6.45, 7) is 2.51. The number of hydrogen-bond acceptors (Lipinski definition) is 5. The minimum atomic E-state index is -4.04. The van der Waals surface area contributed by atoms with E-state index in [1.54, 1.807) is 4.90 Å². The number of halogens is 1. The number of rotatable bonds is 7. The quantitative estimate of drug-likeness (QED) is 0.696. The number of sulfonamides is 1. The van der Waals surface area contributed by atoms with Crippen LogP contribution >= 0.6 is 0 Å². The van der Waals surface area contributed by atoms with Gasteiger partial charge in [0, 0.05) is 32.2 Å². The Bertz CT molecular complexity index is 1020. The third-order valence-corrected chi connectivity index (χ3v) is 6.57. The lowest BCUT2D eigenvalue weighted by molar-refractivity contribution is -0.135. The molecular formula is C21H24FN3O5S. The molecule has 1 heterocycles. The van der Waals surface area contributed by atoms with Crippen LogP contribution in [0.2, 0.25) is 0 Å². The van der Waals surface area contributed by atoms with Crippen molar-refractivity contribution in [3.63, 3.8) is 0 Å². The van der Waals surface area contributed by atoms with E-state index in [4.69, 9.17) is 4.74 Å². The zero-order chi connectivity index (χ0) is 22.4. The summed E-state index contributed by atoms with van der Waals surface area (Å²) in [5, 5.41) is 2.58. The highest BCUT2D eigenvalue weighted by Crippen LogP contribution is 2.21. The van der Waals surface area contributed by atoms with E-state index >= 15 is 0 Å². The lowest BCUT2D eigenvalue weighted by atomic mass is 10.2. The number of nitrogens with zero attached hydrogens (tertiary/aromatic N) is 2. The molecule has 0 spiro atoms. The average Bonchev–Trinajstić information content (AvgIpc) is 2.75. The van der Waals surface area contributed by atoms with Crippen molar-refractivity contribution >= 4 is 27.5 Å². The fraction of sp³-hybridized carbons (Fsp3) is 0.333. The van der Waals surface area contributed by atoms with Gasteiger partial charge in [-0.05, 0) is 42.0 Å². The summed E-state index contributed by atoms with van der Waals surface area (Å²) in [4.78, 5) is 25.5. The number of benzene rings is 2. The third-order valence-electron chi connectivity index (χ3n) is 4.76. The molecule has 1 saturated heterocycles. The molecule has 31 heavy (non-hydrogen) atoms. The van der Waals surface area contributed by atoms with E-state index in [0.29, 0.717) is 37.6 Å². The van der Waals surface area contributed by atoms with E-state index < -0.39 is 15.8 Å². The molecule has 1 N–H and O–H groups in total. The number of morpholine rings is 1. The van der Waals surface area contributed by atoms with E-state index in [2.05, 4.69) is 5.32 Å². The highest BCUT2D eigenvalue weighted by molar-refractivity contribution is 7.89. The maximum Gasteiger partial charge on any atom is 0.243 e. The molecular weight excluding hydrogens is 425 g/mol. The van der Waals surface area contributed by atoms with Crippen LogP contribution in [-0.2, 0) is 30.9 Å². The Morgan fingerprint density at radius 2 is 1.68 bits per heavy atom. The molecule has 2 amide bonds. The van der Waals surface area contributed by atoms with E-state index in [0.717, 1.165) is 4.31 Å². The van der Waals surface area contributed by atoms with Crippen molar-refractivity contribution < 1.29 is 27.1 Å². The highest BCUT2D eigenvalue weighted by Gasteiger charge is 2.29. The molecule has 3 rings (SSSR count). The summed E-state index contributed by atoms with van der Waals surface area (Å²) in [7, 11) is -4.04. The van der Waals surface area contributed by atoms with Gasteiger partial charge in [0.15, 0.2) is 0 Å². The second-order valence-corrected chi connectivity index (χ2v) is 9.04. The molecule has 0 atom stereocenters. The van der Waals surface area contributed by atoms with Gasteiger partial charge in [-0.1, -0.05) is 12.1 Å². The fourth-order valence-corrected chi connectivity index (χ4v) is 4.52. The van der Waals surface area contributed by atoms with Gasteiger partial charge in [0.2, 0.25) is 21.8 Å². The van der Waals surface area contributed by atoms with Gasteiger partial charge in [-0.15, -0.1) is 0 Å². The SMILES string of the molecule is CC(=O)Nc1ccc(S(=O)(=O)N(CC(=O)N2CCOCC2)Cc2ccc(F)cc2)cc1. The molecule has 0 aliphatic carbocycles. The van der Waals surface area contributed by atoms with E-state index in [9.17, 15) is 22.4 Å². The van der Waals surface area contributed by atoms with Gasteiger partial charge in [-0.25, -0.2) is 12.8 Å². The van der Waals surface area contributed by atoms with Crippen molar-refractivity contribution in [3.8, 4) is 0 Å². The van der Waals surface area contributed by atoms with Crippen molar-refractivity contribution in [2.24, 2.45) is 0 Å². The first-order valence-corrected chi connectivity index (χ1v) is 11.2. The van der Waals surface area contributed by atoms with Gasteiger partial charge < -0.3 is 15.0 Å². The normalized spacial score (nSPS) is 14.5.